The molecule has 20 heavy (non-hydrogen) atoms. The lowest BCUT2D eigenvalue weighted by atomic mass is 9.74. The average Bonchev–Trinajstić information content (AvgIpc) is 2.85. The molecule has 0 bridgehead atoms. The highest BCUT2D eigenvalue weighted by molar-refractivity contribution is 5.81. The number of benzene rings is 2. The van der Waals surface area contributed by atoms with Gasteiger partial charge in [-0.05, 0) is 36.1 Å². The molecule has 0 saturated heterocycles. The Labute approximate surface area is 117 Å². The molecule has 0 amide bonds. The van der Waals surface area contributed by atoms with E-state index in [1.54, 1.807) is 0 Å². The van der Waals surface area contributed by atoms with Crippen molar-refractivity contribution in [2.24, 2.45) is 0 Å². The van der Waals surface area contributed by atoms with Crippen LogP contribution in [0.15, 0.2) is 52.9 Å². The smallest absolute Gasteiger partial charge is 0.137 e. The van der Waals surface area contributed by atoms with Crippen molar-refractivity contribution in [1.82, 2.24) is 0 Å². The summed E-state index contributed by atoms with van der Waals surface area (Å²) in [6, 6.07) is 16.3. The van der Waals surface area contributed by atoms with E-state index in [9.17, 15) is 5.11 Å². The van der Waals surface area contributed by atoms with Crippen LogP contribution in [0.5, 0.6) is 0 Å². The molecule has 3 aromatic rings. The van der Waals surface area contributed by atoms with Crippen LogP contribution in [-0.2, 0) is 6.42 Å². The normalized spacial score (nSPS) is 18.6. The molecule has 1 aromatic heterocycles. The first-order valence-corrected chi connectivity index (χ1v) is 6.99. The van der Waals surface area contributed by atoms with E-state index in [2.05, 4.69) is 12.1 Å². The number of aliphatic hydroxyl groups is 1. The minimum Gasteiger partial charge on any atom is -0.458 e. The fourth-order valence-electron chi connectivity index (χ4n) is 3.15. The van der Waals surface area contributed by atoms with Crippen molar-refractivity contribution in [3.63, 3.8) is 0 Å². The zero-order chi connectivity index (χ0) is 13.7. The Hall–Kier alpha value is -2.06. The lowest BCUT2D eigenvalue weighted by Gasteiger charge is -2.32. The third-order valence-electron chi connectivity index (χ3n) is 4.33. The second kappa shape index (κ2) is 4.22. The van der Waals surface area contributed by atoms with Crippen molar-refractivity contribution in [2.75, 3.05) is 0 Å². The highest BCUT2D eigenvalue weighted by Crippen LogP contribution is 2.44. The second-order valence-corrected chi connectivity index (χ2v) is 5.60. The summed E-state index contributed by atoms with van der Waals surface area (Å²) in [5.41, 5.74) is 4.57. The van der Waals surface area contributed by atoms with Gasteiger partial charge in [0.05, 0.1) is 0 Å². The van der Waals surface area contributed by atoms with Crippen LogP contribution in [0.25, 0.3) is 11.0 Å². The molecule has 4 rings (SSSR count). The maximum atomic E-state index is 10.6. The van der Waals surface area contributed by atoms with Crippen molar-refractivity contribution in [3.8, 4) is 0 Å². The summed E-state index contributed by atoms with van der Waals surface area (Å²) < 4.78 is 5.88. The monoisotopic (exact) mass is 264 g/mol. The van der Waals surface area contributed by atoms with Gasteiger partial charge < -0.3 is 9.52 Å². The van der Waals surface area contributed by atoms with Crippen LogP contribution in [0, 0.1) is 6.92 Å². The summed E-state index contributed by atoms with van der Waals surface area (Å²) in [6.45, 7) is 2.03. The Bertz CT molecular complexity index is 785. The third kappa shape index (κ3) is 1.61. The van der Waals surface area contributed by atoms with Gasteiger partial charge in [-0.15, -0.1) is 0 Å². The molecule has 0 fully saturated rings. The fraction of sp³-hybridized carbons (Fsp3) is 0.222. The van der Waals surface area contributed by atoms with E-state index < -0.39 is 6.10 Å². The van der Waals surface area contributed by atoms with Crippen LogP contribution in [-0.4, -0.2) is 5.11 Å². The predicted octanol–water partition coefficient (Wildman–Crippen LogP) is 4.11. The average molecular weight is 264 g/mol. The molecule has 0 saturated carbocycles. The van der Waals surface area contributed by atoms with Gasteiger partial charge in [0.1, 0.15) is 17.4 Å². The van der Waals surface area contributed by atoms with Crippen LogP contribution < -0.4 is 0 Å². The van der Waals surface area contributed by atoms with Gasteiger partial charge in [0, 0.05) is 11.3 Å². The number of rotatable bonds is 2. The van der Waals surface area contributed by atoms with E-state index in [1.807, 2.05) is 43.3 Å². The summed E-state index contributed by atoms with van der Waals surface area (Å²) in [6.07, 6.45) is 0.365. The minimum absolute atomic E-state index is 0.159. The number of aliphatic hydroxyl groups excluding tert-OH is 1. The van der Waals surface area contributed by atoms with Crippen molar-refractivity contribution in [1.29, 1.82) is 0 Å². The topological polar surface area (TPSA) is 33.4 Å². The zero-order valence-corrected chi connectivity index (χ0v) is 11.3. The van der Waals surface area contributed by atoms with Crippen LogP contribution in [0.4, 0.5) is 0 Å². The molecular formula is C18H16O2. The lowest BCUT2D eigenvalue weighted by molar-refractivity contribution is 0.112. The molecule has 1 heterocycles. The molecule has 2 nitrogen and oxygen atoms in total. The maximum absolute atomic E-state index is 10.6. The fourth-order valence-corrected chi connectivity index (χ4v) is 3.15. The van der Waals surface area contributed by atoms with E-state index >= 15 is 0 Å². The Morgan fingerprint density at radius 1 is 1.15 bits per heavy atom. The quantitative estimate of drug-likeness (QED) is 0.755. The predicted molar refractivity (Wildman–Crippen MR) is 78.8 cm³/mol. The van der Waals surface area contributed by atoms with Gasteiger partial charge in [-0.2, -0.15) is 0 Å². The number of hydrogen-bond donors (Lipinski definition) is 1. The number of aryl methyl sites for hydroxylation is 1. The number of furan rings is 1. The van der Waals surface area contributed by atoms with Gasteiger partial charge >= 0.3 is 0 Å². The van der Waals surface area contributed by atoms with Crippen LogP contribution in [0.2, 0.25) is 0 Å². The molecule has 100 valence electrons. The van der Waals surface area contributed by atoms with Crippen LogP contribution >= 0.6 is 0 Å². The summed E-state index contributed by atoms with van der Waals surface area (Å²) in [4.78, 5) is 0. The van der Waals surface area contributed by atoms with Gasteiger partial charge in [-0.1, -0.05) is 42.5 Å². The first kappa shape index (κ1) is 11.7. The van der Waals surface area contributed by atoms with Gasteiger partial charge in [-0.25, -0.2) is 0 Å². The van der Waals surface area contributed by atoms with Gasteiger partial charge in [0.2, 0.25) is 0 Å². The molecule has 1 N–H and O–H groups in total. The number of fused-ring (bicyclic) bond motifs is 2. The standard InChI is InChI=1S/C18H16O2/c1-11-5-4-7-13-10-16(20-18(11)13)17(19)15-9-12-6-2-3-8-14(12)15/h2-8,10,15,17,19H,9H2,1H3. The van der Waals surface area contributed by atoms with Gasteiger partial charge in [0.25, 0.3) is 0 Å². The molecule has 1 aliphatic carbocycles. The van der Waals surface area contributed by atoms with Crippen molar-refractivity contribution >= 4 is 11.0 Å². The zero-order valence-electron chi connectivity index (χ0n) is 11.3. The van der Waals surface area contributed by atoms with Crippen molar-refractivity contribution < 1.29 is 9.52 Å². The van der Waals surface area contributed by atoms with Crippen LogP contribution in [0.1, 0.15) is 34.5 Å². The maximum Gasteiger partial charge on any atom is 0.137 e. The summed E-state index contributed by atoms with van der Waals surface area (Å²) >= 11 is 0. The molecular weight excluding hydrogens is 248 g/mol. The highest BCUT2D eigenvalue weighted by atomic mass is 16.4. The highest BCUT2D eigenvalue weighted by Gasteiger charge is 2.34. The van der Waals surface area contributed by atoms with E-state index in [1.165, 1.54) is 11.1 Å². The molecule has 0 radical (unpaired) electrons. The first-order valence-electron chi connectivity index (χ1n) is 6.99. The summed E-state index contributed by atoms with van der Waals surface area (Å²) in [5, 5.41) is 11.6. The Morgan fingerprint density at radius 2 is 2.00 bits per heavy atom. The lowest BCUT2D eigenvalue weighted by Crippen LogP contribution is -2.23. The molecule has 2 atom stereocenters. The summed E-state index contributed by atoms with van der Waals surface area (Å²) in [7, 11) is 0. The Morgan fingerprint density at radius 3 is 2.80 bits per heavy atom. The Kier molecular flexibility index (Phi) is 2.48. The molecule has 0 spiro atoms. The summed E-state index contributed by atoms with van der Waals surface area (Å²) in [5.74, 6) is 0.834. The largest absolute Gasteiger partial charge is 0.458 e. The van der Waals surface area contributed by atoms with E-state index in [4.69, 9.17) is 4.42 Å². The van der Waals surface area contributed by atoms with Crippen LogP contribution in [0.3, 0.4) is 0 Å². The molecule has 1 aliphatic rings. The van der Waals surface area contributed by atoms with E-state index in [0.717, 1.165) is 23.0 Å². The van der Waals surface area contributed by atoms with Crippen molar-refractivity contribution in [3.05, 3.63) is 71.0 Å². The second-order valence-electron chi connectivity index (χ2n) is 5.60. The molecule has 2 heteroatoms. The van der Waals surface area contributed by atoms with Gasteiger partial charge in [0.15, 0.2) is 0 Å². The minimum atomic E-state index is -0.559. The molecule has 0 aliphatic heterocycles. The van der Waals surface area contributed by atoms with Crippen molar-refractivity contribution in [2.45, 2.75) is 25.4 Å². The molecule has 2 unspecified atom stereocenters. The number of para-hydroxylation sites is 1. The molecule has 2 aromatic carbocycles. The SMILES string of the molecule is Cc1cccc2cc(C(O)C3Cc4ccccc43)oc12. The van der Waals surface area contributed by atoms with E-state index in [-0.39, 0.29) is 5.92 Å². The van der Waals surface area contributed by atoms with E-state index in [0.29, 0.717) is 5.76 Å². The Balaban J connectivity index is 1.72. The van der Waals surface area contributed by atoms with Gasteiger partial charge in [-0.3, -0.25) is 0 Å². The third-order valence-corrected chi connectivity index (χ3v) is 4.33. The first-order chi connectivity index (χ1) is 9.74. The number of hydrogen-bond acceptors (Lipinski definition) is 2.